The van der Waals surface area contributed by atoms with E-state index in [0.29, 0.717) is 23.1 Å². The molecule has 5 N–H and O–H groups in total. The van der Waals surface area contributed by atoms with Gasteiger partial charge in [-0.2, -0.15) is 0 Å². The van der Waals surface area contributed by atoms with E-state index < -0.39 is 5.91 Å². The molecule has 0 aliphatic heterocycles. The van der Waals surface area contributed by atoms with E-state index in [1.165, 1.54) is 18.3 Å². The summed E-state index contributed by atoms with van der Waals surface area (Å²) in [7, 11) is 0. The summed E-state index contributed by atoms with van der Waals surface area (Å²) in [4.78, 5) is 27.3. The molecule has 6 heteroatoms. The highest BCUT2D eigenvalue weighted by Gasteiger charge is 2.08. The molecule has 6 nitrogen and oxygen atoms in total. The zero-order chi connectivity index (χ0) is 16.7. The minimum absolute atomic E-state index is 0.0888. The van der Waals surface area contributed by atoms with Gasteiger partial charge in [0.2, 0.25) is 0 Å². The van der Waals surface area contributed by atoms with Gasteiger partial charge in [-0.25, -0.2) is 0 Å². The lowest BCUT2D eigenvalue weighted by atomic mass is 10.1. The molecular weight excluding hydrogens is 292 g/mol. The van der Waals surface area contributed by atoms with E-state index in [0.717, 1.165) is 5.56 Å². The number of nitrogens with two attached hydrogens (primary N) is 2. The predicted octanol–water partition coefficient (Wildman–Crippen LogP) is 1.48. The molecule has 0 aliphatic rings. The number of aromatic nitrogens is 1. The van der Waals surface area contributed by atoms with Crippen molar-refractivity contribution in [1.29, 1.82) is 0 Å². The van der Waals surface area contributed by atoms with Crippen LogP contribution in [0.4, 0.5) is 5.69 Å². The number of rotatable bonds is 5. The Morgan fingerprint density at radius 3 is 2.48 bits per heavy atom. The molecule has 0 spiro atoms. The van der Waals surface area contributed by atoms with Gasteiger partial charge in [0, 0.05) is 29.8 Å². The number of carbonyl (C=O) groups excluding carboxylic acids is 2. The van der Waals surface area contributed by atoms with Crippen LogP contribution in [0.2, 0.25) is 0 Å². The summed E-state index contributed by atoms with van der Waals surface area (Å²) >= 11 is 0. The highest BCUT2D eigenvalue weighted by atomic mass is 16.2. The molecule has 1 heterocycles. The lowest BCUT2D eigenvalue weighted by Crippen LogP contribution is -2.23. The van der Waals surface area contributed by atoms with Crippen molar-refractivity contribution in [2.24, 2.45) is 5.73 Å². The first kappa shape index (κ1) is 16.0. The third-order valence-corrected chi connectivity index (χ3v) is 3.04. The third-order valence-electron chi connectivity index (χ3n) is 3.04. The number of carbonyl (C=O) groups is 2. The Morgan fingerprint density at radius 1 is 1.13 bits per heavy atom. The summed E-state index contributed by atoms with van der Waals surface area (Å²) in [6.07, 6.45) is 6.62. The number of nitrogens with zero attached hydrogens (tertiary/aromatic N) is 1. The second-order valence-electron chi connectivity index (χ2n) is 4.66. The number of anilines is 1. The second kappa shape index (κ2) is 7.56. The maximum Gasteiger partial charge on any atom is 0.255 e. The zero-order valence-corrected chi connectivity index (χ0v) is 12.3. The fourth-order valence-corrected chi connectivity index (χ4v) is 1.92. The van der Waals surface area contributed by atoms with Crippen molar-refractivity contribution >= 4 is 23.5 Å². The van der Waals surface area contributed by atoms with Gasteiger partial charge in [-0.15, -0.1) is 0 Å². The minimum atomic E-state index is -0.429. The van der Waals surface area contributed by atoms with Crippen LogP contribution in [0.5, 0.6) is 0 Å². The summed E-state index contributed by atoms with van der Waals surface area (Å²) in [6, 6.07) is 9.97. The Kier molecular flexibility index (Phi) is 5.25. The van der Waals surface area contributed by atoms with Crippen LogP contribution in [0.3, 0.4) is 0 Å². The lowest BCUT2D eigenvalue weighted by molar-refractivity contribution is -0.105. The number of amides is 1. The van der Waals surface area contributed by atoms with Crippen molar-refractivity contribution in [3.8, 4) is 0 Å². The van der Waals surface area contributed by atoms with E-state index in [1.54, 1.807) is 42.7 Å². The predicted molar refractivity (Wildman–Crippen MR) is 88.9 cm³/mol. The molecular formula is C17H16N4O2. The summed E-state index contributed by atoms with van der Waals surface area (Å²) in [5, 5.41) is 2.53. The molecule has 0 aliphatic carbocycles. The molecule has 1 amide bonds. The second-order valence-corrected chi connectivity index (χ2v) is 4.66. The smallest absolute Gasteiger partial charge is 0.255 e. The largest absolute Gasteiger partial charge is 0.404 e. The third kappa shape index (κ3) is 4.28. The maximum atomic E-state index is 12.1. The van der Waals surface area contributed by atoms with Crippen molar-refractivity contribution in [3.05, 3.63) is 77.9 Å². The van der Waals surface area contributed by atoms with Crippen LogP contribution in [0.1, 0.15) is 15.9 Å². The van der Waals surface area contributed by atoms with Gasteiger partial charge in [-0.3, -0.25) is 14.6 Å². The lowest BCUT2D eigenvalue weighted by Gasteiger charge is -2.07. The summed E-state index contributed by atoms with van der Waals surface area (Å²) in [6.45, 7) is 0. The van der Waals surface area contributed by atoms with Crippen LogP contribution in [0, 0.1) is 0 Å². The molecule has 2 aromatic rings. The number of nitrogens with one attached hydrogen (secondary N) is 1. The SMILES string of the molecule is N/C=C(\C=C(/C=O)NC(=O)c1cccc(N)c1)c1ccncc1. The van der Waals surface area contributed by atoms with Crippen LogP contribution >= 0.6 is 0 Å². The average Bonchev–Trinajstić information content (AvgIpc) is 2.59. The van der Waals surface area contributed by atoms with Crippen molar-refractivity contribution in [2.45, 2.75) is 0 Å². The van der Waals surface area contributed by atoms with Crippen molar-refractivity contribution in [1.82, 2.24) is 10.3 Å². The Hall–Kier alpha value is -3.41. The number of hydrogen-bond acceptors (Lipinski definition) is 5. The van der Waals surface area contributed by atoms with Gasteiger partial charge in [0.25, 0.3) is 5.91 Å². The first-order valence-electron chi connectivity index (χ1n) is 6.80. The normalized spacial score (nSPS) is 11.8. The van der Waals surface area contributed by atoms with Crippen molar-refractivity contribution < 1.29 is 9.59 Å². The number of nitrogen functional groups attached to an aromatic ring is 1. The van der Waals surface area contributed by atoms with Crippen LogP contribution < -0.4 is 16.8 Å². The molecule has 0 radical (unpaired) electrons. The molecule has 23 heavy (non-hydrogen) atoms. The molecule has 1 aromatic carbocycles. The standard InChI is InChI=1S/C17H16N4O2/c18-10-14(12-4-6-20-7-5-12)9-16(11-22)21-17(23)13-2-1-3-15(19)8-13/h1-11H,18-19H2,(H,21,23)/b14-10+,16-9+. The topological polar surface area (TPSA) is 111 Å². The summed E-state index contributed by atoms with van der Waals surface area (Å²) in [5.41, 5.74) is 13.5. The first-order chi connectivity index (χ1) is 11.1. The van der Waals surface area contributed by atoms with E-state index >= 15 is 0 Å². The van der Waals surface area contributed by atoms with E-state index in [1.807, 2.05) is 0 Å². The molecule has 0 saturated carbocycles. The fraction of sp³-hybridized carbons (Fsp3) is 0. The minimum Gasteiger partial charge on any atom is -0.404 e. The van der Waals surface area contributed by atoms with Gasteiger partial charge in [-0.05, 0) is 47.5 Å². The molecule has 0 unspecified atom stereocenters. The van der Waals surface area contributed by atoms with Gasteiger partial charge < -0.3 is 16.8 Å². The Labute approximate surface area is 133 Å². The molecule has 0 saturated heterocycles. The first-order valence-corrected chi connectivity index (χ1v) is 6.80. The van der Waals surface area contributed by atoms with Crippen LogP contribution in [0.25, 0.3) is 5.57 Å². The van der Waals surface area contributed by atoms with E-state index in [9.17, 15) is 9.59 Å². The van der Waals surface area contributed by atoms with Crippen LogP contribution in [-0.4, -0.2) is 17.2 Å². The van der Waals surface area contributed by atoms with Gasteiger partial charge in [0.15, 0.2) is 6.29 Å². The number of allylic oxidation sites excluding steroid dienone is 3. The monoisotopic (exact) mass is 308 g/mol. The van der Waals surface area contributed by atoms with E-state index in [2.05, 4.69) is 10.3 Å². The van der Waals surface area contributed by atoms with Gasteiger partial charge in [0.1, 0.15) is 0 Å². The highest BCUT2D eigenvalue weighted by molar-refractivity contribution is 5.99. The molecule has 1 aromatic heterocycles. The van der Waals surface area contributed by atoms with Crippen molar-refractivity contribution in [3.63, 3.8) is 0 Å². The van der Waals surface area contributed by atoms with Gasteiger partial charge in [-0.1, -0.05) is 6.07 Å². The Balaban J connectivity index is 2.22. The zero-order valence-electron chi connectivity index (χ0n) is 12.3. The Morgan fingerprint density at radius 2 is 1.87 bits per heavy atom. The number of benzene rings is 1. The van der Waals surface area contributed by atoms with E-state index in [4.69, 9.17) is 11.5 Å². The number of aldehydes is 1. The quantitative estimate of drug-likeness (QED) is 0.335. The summed E-state index contributed by atoms with van der Waals surface area (Å²) < 4.78 is 0. The molecule has 0 atom stereocenters. The fourth-order valence-electron chi connectivity index (χ4n) is 1.92. The molecule has 116 valence electrons. The van der Waals surface area contributed by atoms with Crippen molar-refractivity contribution in [2.75, 3.05) is 5.73 Å². The van der Waals surface area contributed by atoms with Gasteiger partial charge >= 0.3 is 0 Å². The molecule has 0 fully saturated rings. The van der Waals surface area contributed by atoms with Crippen LogP contribution in [-0.2, 0) is 4.79 Å². The van der Waals surface area contributed by atoms with Crippen LogP contribution in [0.15, 0.2) is 66.8 Å². The highest BCUT2D eigenvalue weighted by Crippen LogP contribution is 2.15. The van der Waals surface area contributed by atoms with Gasteiger partial charge in [0.05, 0.1) is 5.70 Å². The molecule has 2 rings (SSSR count). The number of hydrogen-bond donors (Lipinski definition) is 3. The average molecular weight is 308 g/mol. The Bertz CT molecular complexity index is 767. The molecule has 0 bridgehead atoms. The maximum absolute atomic E-state index is 12.1. The number of pyridine rings is 1. The van der Waals surface area contributed by atoms with E-state index in [-0.39, 0.29) is 5.70 Å². The summed E-state index contributed by atoms with van der Waals surface area (Å²) in [5.74, 6) is -0.429.